The van der Waals surface area contributed by atoms with Crippen LogP contribution >= 0.6 is 0 Å². The van der Waals surface area contributed by atoms with Gasteiger partial charge in [0, 0.05) is 18.2 Å². The highest BCUT2D eigenvalue weighted by molar-refractivity contribution is 5.34. The van der Waals surface area contributed by atoms with Crippen molar-refractivity contribution in [1.29, 1.82) is 0 Å². The maximum atomic E-state index is 9.96. The van der Waals surface area contributed by atoms with Crippen LogP contribution in [0.25, 0.3) is 0 Å². The first kappa shape index (κ1) is 13.4. The summed E-state index contributed by atoms with van der Waals surface area (Å²) in [4.78, 5) is 2.52. The lowest BCUT2D eigenvalue weighted by Crippen LogP contribution is -2.28. The Morgan fingerprint density at radius 1 is 1.28 bits per heavy atom. The fraction of sp³-hybridized carbons (Fsp3) is 0.625. The van der Waals surface area contributed by atoms with Crippen LogP contribution in [-0.2, 0) is 0 Å². The fourth-order valence-electron chi connectivity index (χ4n) is 3.16. The molecule has 0 saturated carbocycles. The van der Waals surface area contributed by atoms with Gasteiger partial charge in [-0.3, -0.25) is 4.90 Å². The number of hydrogen-bond donors (Lipinski definition) is 1. The summed E-state index contributed by atoms with van der Waals surface area (Å²) < 4.78 is 0. The Bertz CT molecular complexity index is 398. The van der Waals surface area contributed by atoms with Crippen LogP contribution in [0.3, 0.4) is 0 Å². The molecular formula is C16H25NO. The number of phenolic OH excluding ortho intramolecular Hbond substituents is 1. The Kier molecular flexibility index (Phi) is 3.96. The maximum Gasteiger partial charge on any atom is 0.120 e. The lowest BCUT2D eigenvalue weighted by atomic mass is 9.82. The van der Waals surface area contributed by atoms with Gasteiger partial charge in [0.25, 0.3) is 0 Å². The molecule has 0 bridgehead atoms. The summed E-state index contributed by atoms with van der Waals surface area (Å²) in [5, 5.41) is 9.96. The molecule has 1 unspecified atom stereocenters. The molecule has 1 aliphatic rings. The van der Waals surface area contributed by atoms with Gasteiger partial charge in [0.2, 0.25) is 0 Å². The molecule has 0 amide bonds. The van der Waals surface area contributed by atoms with Gasteiger partial charge < -0.3 is 5.11 Å². The topological polar surface area (TPSA) is 23.5 Å². The zero-order chi connectivity index (χ0) is 13.2. The van der Waals surface area contributed by atoms with Crippen LogP contribution in [0.5, 0.6) is 5.75 Å². The molecule has 1 saturated heterocycles. The molecule has 2 heteroatoms. The summed E-state index contributed by atoms with van der Waals surface area (Å²) in [5.41, 5.74) is 1.55. The van der Waals surface area contributed by atoms with Crippen LogP contribution in [0.4, 0.5) is 0 Å². The molecule has 1 heterocycles. The molecule has 2 nitrogen and oxygen atoms in total. The fourth-order valence-corrected chi connectivity index (χ4v) is 3.16. The molecule has 1 atom stereocenters. The Balaban J connectivity index is 2.12. The van der Waals surface area contributed by atoms with Gasteiger partial charge in [-0.1, -0.05) is 32.0 Å². The predicted octanol–water partition coefficient (Wildman–Crippen LogP) is 3.97. The predicted molar refractivity (Wildman–Crippen MR) is 75.7 cm³/mol. The van der Waals surface area contributed by atoms with Gasteiger partial charge in [0.05, 0.1) is 0 Å². The number of likely N-dealkylation sites (tertiary alicyclic amines) is 1. The van der Waals surface area contributed by atoms with Crippen LogP contribution in [0.1, 0.15) is 51.6 Å². The summed E-state index contributed by atoms with van der Waals surface area (Å²) in [7, 11) is 0. The first-order valence-electron chi connectivity index (χ1n) is 7.14. The van der Waals surface area contributed by atoms with Crippen LogP contribution in [0, 0.1) is 5.41 Å². The number of nitrogens with zero attached hydrogens (tertiary/aromatic N) is 1. The third-order valence-electron chi connectivity index (χ3n) is 4.90. The van der Waals surface area contributed by atoms with Gasteiger partial charge in [-0.25, -0.2) is 0 Å². The van der Waals surface area contributed by atoms with Gasteiger partial charge in [-0.15, -0.1) is 0 Å². The van der Waals surface area contributed by atoms with Crippen molar-refractivity contribution in [3.8, 4) is 5.75 Å². The zero-order valence-corrected chi connectivity index (χ0v) is 11.8. The number of rotatable bonds is 4. The summed E-state index contributed by atoms with van der Waals surface area (Å²) in [6.45, 7) is 9.12. The van der Waals surface area contributed by atoms with Crippen LogP contribution in [0.2, 0.25) is 0 Å². The molecule has 100 valence electrons. The molecule has 1 N–H and O–H groups in total. The highest BCUT2D eigenvalue weighted by Crippen LogP contribution is 2.41. The molecule has 1 fully saturated rings. The van der Waals surface area contributed by atoms with Crippen molar-refractivity contribution in [1.82, 2.24) is 4.90 Å². The summed E-state index contributed by atoms with van der Waals surface area (Å²) in [6.07, 6.45) is 3.80. The summed E-state index contributed by atoms with van der Waals surface area (Å²) in [6, 6.07) is 8.03. The van der Waals surface area contributed by atoms with E-state index in [1.54, 1.807) is 6.07 Å². The second-order valence-electron chi connectivity index (χ2n) is 5.66. The van der Waals surface area contributed by atoms with Crippen molar-refractivity contribution in [3.63, 3.8) is 0 Å². The summed E-state index contributed by atoms with van der Waals surface area (Å²) in [5.74, 6) is 0.426. The average Bonchev–Trinajstić information content (AvgIpc) is 2.84. The van der Waals surface area contributed by atoms with Crippen LogP contribution in [0.15, 0.2) is 24.3 Å². The highest BCUT2D eigenvalue weighted by atomic mass is 16.3. The standard InChI is InChI=1S/C16H25NO/c1-4-16(5-2)10-11-17(12-16)13(3)14-8-6-7-9-15(14)18/h6-9,13,18H,4-5,10-12H2,1-3H3. The Morgan fingerprint density at radius 3 is 2.50 bits per heavy atom. The normalized spacial score (nSPS) is 21.1. The smallest absolute Gasteiger partial charge is 0.120 e. The molecule has 0 spiro atoms. The minimum absolute atomic E-state index is 0.311. The molecule has 0 aliphatic carbocycles. The molecule has 1 aromatic rings. The van der Waals surface area contributed by atoms with Crippen LogP contribution in [-0.4, -0.2) is 23.1 Å². The first-order chi connectivity index (χ1) is 8.62. The lowest BCUT2D eigenvalue weighted by Gasteiger charge is -2.30. The minimum atomic E-state index is 0.311. The van der Waals surface area contributed by atoms with Gasteiger partial charge in [-0.2, -0.15) is 0 Å². The second kappa shape index (κ2) is 5.31. The first-order valence-corrected chi connectivity index (χ1v) is 7.14. The average molecular weight is 247 g/mol. The third kappa shape index (κ3) is 2.39. The van der Waals surface area contributed by atoms with Crippen LogP contribution < -0.4 is 0 Å². The van der Waals surface area contributed by atoms with E-state index in [0.29, 0.717) is 17.2 Å². The van der Waals surface area contributed by atoms with Gasteiger partial charge in [0.15, 0.2) is 0 Å². The van der Waals surface area contributed by atoms with Crippen molar-refractivity contribution >= 4 is 0 Å². The van der Waals surface area contributed by atoms with Crippen molar-refractivity contribution < 1.29 is 5.11 Å². The third-order valence-corrected chi connectivity index (χ3v) is 4.90. The molecule has 2 rings (SSSR count). The zero-order valence-electron chi connectivity index (χ0n) is 11.8. The number of para-hydroxylation sites is 1. The van der Waals surface area contributed by atoms with Gasteiger partial charge in [-0.05, 0) is 44.2 Å². The number of hydrogen-bond acceptors (Lipinski definition) is 2. The van der Waals surface area contributed by atoms with Crippen molar-refractivity contribution in [2.24, 2.45) is 5.41 Å². The van der Waals surface area contributed by atoms with E-state index in [1.807, 2.05) is 18.2 Å². The minimum Gasteiger partial charge on any atom is -0.508 e. The van der Waals surface area contributed by atoms with E-state index in [9.17, 15) is 5.11 Å². The van der Waals surface area contributed by atoms with E-state index in [1.165, 1.54) is 19.3 Å². The molecular weight excluding hydrogens is 222 g/mol. The molecule has 1 aliphatic heterocycles. The SMILES string of the molecule is CCC1(CC)CCN(C(C)c2ccccc2O)C1. The van der Waals surface area contributed by atoms with Gasteiger partial charge >= 0.3 is 0 Å². The van der Waals surface area contributed by atoms with Crippen molar-refractivity contribution in [3.05, 3.63) is 29.8 Å². The van der Waals surface area contributed by atoms with E-state index >= 15 is 0 Å². The monoisotopic (exact) mass is 247 g/mol. The largest absolute Gasteiger partial charge is 0.508 e. The molecule has 0 radical (unpaired) electrons. The number of phenols is 1. The van der Waals surface area contributed by atoms with E-state index < -0.39 is 0 Å². The van der Waals surface area contributed by atoms with Crippen molar-refractivity contribution in [2.45, 2.75) is 46.1 Å². The van der Waals surface area contributed by atoms with E-state index in [0.717, 1.165) is 18.7 Å². The quantitative estimate of drug-likeness (QED) is 0.870. The van der Waals surface area contributed by atoms with E-state index in [-0.39, 0.29) is 0 Å². The highest BCUT2D eigenvalue weighted by Gasteiger charge is 2.37. The Morgan fingerprint density at radius 2 is 1.94 bits per heavy atom. The maximum absolute atomic E-state index is 9.96. The Hall–Kier alpha value is -1.02. The second-order valence-corrected chi connectivity index (χ2v) is 5.66. The molecule has 0 aromatic heterocycles. The summed E-state index contributed by atoms with van der Waals surface area (Å²) >= 11 is 0. The van der Waals surface area contributed by atoms with E-state index in [4.69, 9.17) is 0 Å². The molecule has 18 heavy (non-hydrogen) atoms. The number of aromatic hydroxyl groups is 1. The molecule has 1 aromatic carbocycles. The van der Waals surface area contributed by atoms with Gasteiger partial charge in [0.1, 0.15) is 5.75 Å². The van der Waals surface area contributed by atoms with E-state index in [2.05, 4.69) is 25.7 Å². The Labute approximate surface area is 111 Å². The number of benzene rings is 1. The lowest BCUT2D eigenvalue weighted by molar-refractivity contribution is 0.202. The van der Waals surface area contributed by atoms with Crippen molar-refractivity contribution in [2.75, 3.05) is 13.1 Å².